The molecule has 2 fully saturated rings. The molecular formula is C26H38N4O2. The zero-order valence-electron chi connectivity index (χ0n) is 19.4. The van der Waals surface area contributed by atoms with Gasteiger partial charge in [0.15, 0.2) is 0 Å². The molecule has 32 heavy (non-hydrogen) atoms. The van der Waals surface area contributed by atoms with Crippen molar-refractivity contribution in [3.63, 3.8) is 0 Å². The van der Waals surface area contributed by atoms with Crippen molar-refractivity contribution in [1.82, 2.24) is 20.4 Å². The Bertz CT molecular complexity index is 859. The Balaban J connectivity index is 1.21. The van der Waals surface area contributed by atoms with Crippen LogP contribution in [-0.4, -0.2) is 41.2 Å². The maximum Gasteiger partial charge on any atom is 0.220 e. The lowest BCUT2D eigenvalue weighted by Crippen LogP contribution is -2.35. The Hall–Kier alpha value is -2.34. The number of carbonyl (C=O) groups is 1. The van der Waals surface area contributed by atoms with Crippen molar-refractivity contribution in [3.05, 3.63) is 47.3 Å². The van der Waals surface area contributed by atoms with Gasteiger partial charge in [0.1, 0.15) is 5.75 Å². The quantitative estimate of drug-likeness (QED) is 0.591. The molecule has 2 N–H and O–H groups in total. The predicted octanol–water partition coefficient (Wildman–Crippen LogP) is 4.77. The number of amides is 1. The normalized spacial score (nSPS) is 20.2. The highest BCUT2D eigenvalue weighted by atomic mass is 16.5. The third-order valence-corrected chi connectivity index (χ3v) is 7.17. The Kier molecular flexibility index (Phi) is 8.21. The summed E-state index contributed by atoms with van der Waals surface area (Å²) in [5.74, 6) is 2.22. The first-order chi connectivity index (χ1) is 15.7. The summed E-state index contributed by atoms with van der Waals surface area (Å²) in [6, 6.07) is 7.86. The number of nitrogens with one attached hydrogen (secondary N) is 2. The number of likely N-dealkylation sites (tertiary alicyclic amines) is 1. The number of hydrogen-bond acceptors (Lipinski definition) is 4. The van der Waals surface area contributed by atoms with Crippen molar-refractivity contribution in [3.8, 4) is 5.75 Å². The molecule has 0 unspecified atom stereocenters. The molecule has 1 amide bonds. The number of aromatic nitrogens is 2. The fourth-order valence-electron chi connectivity index (χ4n) is 5.37. The number of hydrogen-bond donors (Lipinski definition) is 2. The van der Waals surface area contributed by atoms with Gasteiger partial charge < -0.3 is 10.1 Å². The molecule has 1 aliphatic carbocycles. The topological polar surface area (TPSA) is 70.2 Å². The molecule has 2 aliphatic rings. The number of nitrogens with zero attached hydrogens (tertiary/aromatic N) is 2. The maximum absolute atomic E-state index is 12.4. The molecule has 6 nitrogen and oxygen atoms in total. The minimum absolute atomic E-state index is 0.138. The first-order valence-corrected chi connectivity index (χ1v) is 12.4. The summed E-state index contributed by atoms with van der Waals surface area (Å²) in [5, 5.41) is 10.8. The molecule has 1 saturated carbocycles. The van der Waals surface area contributed by atoms with E-state index in [4.69, 9.17) is 4.74 Å². The van der Waals surface area contributed by atoms with Crippen LogP contribution in [-0.2, 0) is 17.9 Å². The number of H-pyrrole nitrogens is 1. The van der Waals surface area contributed by atoms with E-state index >= 15 is 0 Å². The number of benzene rings is 1. The molecule has 1 saturated heterocycles. The zero-order chi connectivity index (χ0) is 22.2. The van der Waals surface area contributed by atoms with Gasteiger partial charge in [0.25, 0.3) is 0 Å². The van der Waals surface area contributed by atoms with Crippen LogP contribution in [0.25, 0.3) is 0 Å². The van der Waals surface area contributed by atoms with Crippen LogP contribution < -0.4 is 10.1 Å². The van der Waals surface area contributed by atoms with Crippen LogP contribution in [0.2, 0.25) is 0 Å². The fourth-order valence-corrected chi connectivity index (χ4v) is 5.37. The molecule has 1 atom stereocenters. The molecule has 1 aliphatic heterocycles. The van der Waals surface area contributed by atoms with Gasteiger partial charge in [-0.1, -0.05) is 31.4 Å². The summed E-state index contributed by atoms with van der Waals surface area (Å²) >= 11 is 0. The summed E-state index contributed by atoms with van der Waals surface area (Å²) in [7, 11) is 1.66. The van der Waals surface area contributed by atoms with Crippen molar-refractivity contribution in [1.29, 1.82) is 0 Å². The van der Waals surface area contributed by atoms with E-state index in [-0.39, 0.29) is 5.91 Å². The number of piperidine rings is 1. The van der Waals surface area contributed by atoms with Gasteiger partial charge in [0.2, 0.25) is 5.91 Å². The van der Waals surface area contributed by atoms with Crippen LogP contribution in [0.3, 0.4) is 0 Å². The van der Waals surface area contributed by atoms with Crippen molar-refractivity contribution in [2.45, 2.75) is 76.8 Å². The summed E-state index contributed by atoms with van der Waals surface area (Å²) in [6.45, 7) is 3.77. The number of aromatic amines is 1. The summed E-state index contributed by atoms with van der Waals surface area (Å²) in [5.41, 5.74) is 3.83. The van der Waals surface area contributed by atoms with Gasteiger partial charge in [0.05, 0.1) is 13.3 Å². The van der Waals surface area contributed by atoms with E-state index in [1.54, 1.807) is 7.11 Å². The molecule has 6 heteroatoms. The van der Waals surface area contributed by atoms with Crippen LogP contribution in [0, 0.1) is 5.92 Å². The second-order valence-electron chi connectivity index (χ2n) is 9.55. The highest BCUT2D eigenvalue weighted by Crippen LogP contribution is 2.34. The van der Waals surface area contributed by atoms with Crippen LogP contribution in [0.1, 0.15) is 80.5 Å². The molecule has 2 heterocycles. The maximum atomic E-state index is 12.4. The van der Waals surface area contributed by atoms with Crippen molar-refractivity contribution in [2.75, 3.05) is 20.2 Å². The molecule has 4 rings (SSSR count). The van der Waals surface area contributed by atoms with E-state index in [0.29, 0.717) is 24.8 Å². The third-order valence-electron chi connectivity index (χ3n) is 7.17. The average Bonchev–Trinajstić information content (AvgIpc) is 3.30. The van der Waals surface area contributed by atoms with Crippen LogP contribution >= 0.6 is 0 Å². The molecule has 1 aromatic carbocycles. The van der Waals surface area contributed by atoms with E-state index < -0.39 is 0 Å². The molecule has 1 aromatic heterocycles. The molecular weight excluding hydrogens is 400 g/mol. The molecule has 174 valence electrons. The average molecular weight is 439 g/mol. The summed E-state index contributed by atoms with van der Waals surface area (Å²) in [6.07, 6.45) is 12.7. The van der Waals surface area contributed by atoms with E-state index in [0.717, 1.165) is 37.4 Å². The van der Waals surface area contributed by atoms with Crippen LogP contribution in [0.15, 0.2) is 30.5 Å². The molecule has 0 radical (unpaired) electrons. The monoisotopic (exact) mass is 438 g/mol. The van der Waals surface area contributed by atoms with Gasteiger partial charge in [0, 0.05) is 43.2 Å². The van der Waals surface area contributed by atoms with Gasteiger partial charge in [-0.15, -0.1) is 0 Å². The highest BCUT2D eigenvalue weighted by Gasteiger charge is 2.24. The lowest BCUT2D eigenvalue weighted by atomic mass is 9.85. The fraction of sp³-hybridized carbons (Fsp3) is 0.615. The zero-order valence-corrected chi connectivity index (χ0v) is 19.4. The summed E-state index contributed by atoms with van der Waals surface area (Å²) < 4.78 is 5.25. The SMILES string of the molecule is COc1cccc(CNC(=O)CC[C@@H]2CCCN(Cc3cn[nH]c3C3CCCCC3)C2)c1. The van der Waals surface area contributed by atoms with Gasteiger partial charge in [-0.05, 0) is 62.3 Å². The van der Waals surface area contributed by atoms with E-state index in [1.807, 2.05) is 30.5 Å². The molecule has 2 aromatic rings. The number of carbonyl (C=O) groups excluding carboxylic acids is 1. The van der Waals surface area contributed by atoms with E-state index in [2.05, 4.69) is 20.4 Å². The minimum atomic E-state index is 0.138. The second-order valence-corrected chi connectivity index (χ2v) is 9.55. The van der Waals surface area contributed by atoms with Crippen molar-refractivity contribution >= 4 is 5.91 Å². The Morgan fingerprint density at radius 2 is 2.09 bits per heavy atom. The molecule has 0 bridgehead atoms. The number of rotatable bonds is 9. The van der Waals surface area contributed by atoms with Crippen LogP contribution in [0.4, 0.5) is 0 Å². The molecule has 0 spiro atoms. The van der Waals surface area contributed by atoms with Gasteiger partial charge in [-0.2, -0.15) is 5.10 Å². The lowest BCUT2D eigenvalue weighted by Gasteiger charge is -2.33. The number of ether oxygens (including phenoxy) is 1. The van der Waals surface area contributed by atoms with E-state index in [1.165, 1.54) is 56.2 Å². The lowest BCUT2D eigenvalue weighted by molar-refractivity contribution is -0.121. The third kappa shape index (κ3) is 6.35. The van der Waals surface area contributed by atoms with Crippen LogP contribution in [0.5, 0.6) is 5.75 Å². The smallest absolute Gasteiger partial charge is 0.220 e. The van der Waals surface area contributed by atoms with E-state index in [9.17, 15) is 4.79 Å². The standard InChI is InChI=1S/C26H38N4O2/c1-32-24-11-5-7-21(15-24)16-27-25(31)13-12-20-8-6-14-30(18-20)19-23-17-28-29-26(23)22-9-3-2-4-10-22/h5,7,11,15,17,20,22H,2-4,6,8-10,12-14,16,18-19H2,1H3,(H,27,31)(H,28,29)/t20-/m0/s1. The minimum Gasteiger partial charge on any atom is -0.497 e. The summed E-state index contributed by atoms with van der Waals surface area (Å²) in [4.78, 5) is 15.0. The largest absolute Gasteiger partial charge is 0.497 e. The number of methoxy groups -OCH3 is 1. The highest BCUT2D eigenvalue weighted by molar-refractivity contribution is 5.75. The van der Waals surface area contributed by atoms with Gasteiger partial charge in [-0.25, -0.2) is 0 Å². The predicted molar refractivity (Wildman–Crippen MR) is 126 cm³/mol. The second kappa shape index (κ2) is 11.5. The Morgan fingerprint density at radius 3 is 2.94 bits per heavy atom. The van der Waals surface area contributed by atoms with Gasteiger partial charge in [-0.3, -0.25) is 14.8 Å². The first kappa shape index (κ1) is 22.8. The van der Waals surface area contributed by atoms with Gasteiger partial charge >= 0.3 is 0 Å². The Labute approximate surface area is 192 Å². The van der Waals surface area contributed by atoms with Crippen molar-refractivity contribution < 1.29 is 9.53 Å². The Morgan fingerprint density at radius 1 is 1.22 bits per heavy atom. The first-order valence-electron chi connectivity index (χ1n) is 12.4. The van der Waals surface area contributed by atoms with Crippen molar-refractivity contribution in [2.24, 2.45) is 5.92 Å².